The Morgan fingerprint density at radius 1 is 1.41 bits per heavy atom. The van der Waals surface area contributed by atoms with Crippen LogP contribution in [0.4, 0.5) is 5.69 Å². The Labute approximate surface area is 128 Å². The molecule has 1 aliphatic rings. The number of carbonyl (C=O) groups excluding carboxylic acids is 1. The van der Waals surface area contributed by atoms with E-state index in [0.29, 0.717) is 29.2 Å². The zero-order chi connectivity index (χ0) is 15.7. The van der Waals surface area contributed by atoms with Crippen LogP contribution in [0.5, 0.6) is 5.75 Å². The Bertz CT molecular complexity index is 765. The van der Waals surface area contributed by atoms with E-state index < -0.39 is 5.63 Å². The van der Waals surface area contributed by atoms with Gasteiger partial charge in [0.05, 0.1) is 12.8 Å². The molecule has 2 heterocycles. The molecule has 116 valence electrons. The van der Waals surface area contributed by atoms with E-state index in [1.807, 2.05) is 6.07 Å². The van der Waals surface area contributed by atoms with Gasteiger partial charge >= 0.3 is 5.63 Å². The van der Waals surface area contributed by atoms with Crippen LogP contribution in [0.3, 0.4) is 0 Å². The number of rotatable bonds is 3. The predicted octanol–water partition coefficient (Wildman–Crippen LogP) is 2.85. The molecule has 0 spiro atoms. The fraction of sp³-hybridized carbons (Fsp3) is 0.412. The van der Waals surface area contributed by atoms with Crippen LogP contribution in [0.15, 0.2) is 27.4 Å². The standard InChI is InChI=1S/C17H19NO4/c1-11-4-3-7-18(9-11)16-13-8-12(21-2)5-6-15(13)22-17(20)14(16)10-19/h5-6,8,10-11H,3-4,7,9H2,1-2H3. The van der Waals surface area contributed by atoms with Crippen LogP contribution >= 0.6 is 0 Å². The molecule has 1 saturated heterocycles. The summed E-state index contributed by atoms with van der Waals surface area (Å²) in [4.78, 5) is 25.7. The van der Waals surface area contributed by atoms with E-state index >= 15 is 0 Å². The molecule has 0 amide bonds. The molecular weight excluding hydrogens is 282 g/mol. The molecule has 1 unspecified atom stereocenters. The molecule has 0 radical (unpaired) electrons. The molecule has 1 aromatic heterocycles. The normalized spacial score (nSPS) is 18.5. The van der Waals surface area contributed by atoms with E-state index in [1.54, 1.807) is 19.2 Å². The maximum atomic E-state index is 12.1. The molecule has 22 heavy (non-hydrogen) atoms. The van der Waals surface area contributed by atoms with E-state index in [9.17, 15) is 9.59 Å². The monoisotopic (exact) mass is 301 g/mol. The number of fused-ring (bicyclic) bond motifs is 1. The summed E-state index contributed by atoms with van der Waals surface area (Å²) in [7, 11) is 1.59. The van der Waals surface area contributed by atoms with Crippen molar-refractivity contribution in [2.45, 2.75) is 19.8 Å². The van der Waals surface area contributed by atoms with Crippen molar-refractivity contribution in [3.05, 3.63) is 34.2 Å². The van der Waals surface area contributed by atoms with Gasteiger partial charge in [0.25, 0.3) is 0 Å². The van der Waals surface area contributed by atoms with E-state index in [0.717, 1.165) is 31.3 Å². The molecule has 3 rings (SSSR count). The number of hydrogen-bond donors (Lipinski definition) is 0. The number of piperidine rings is 1. The lowest BCUT2D eigenvalue weighted by atomic mass is 9.98. The number of nitrogens with zero attached hydrogens (tertiary/aromatic N) is 1. The first-order valence-corrected chi connectivity index (χ1v) is 7.49. The smallest absolute Gasteiger partial charge is 0.349 e. The molecule has 1 fully saturated rings. The third-order valence-corrected chi connectivity index (χ3v) is 4.21. The molecule has 1 aromatic carbocycles. The van der Waals surface area contributed by atoms with E-state index in [4.69, 9.17) is 9.15 Å². The topological polar surface area (TPSA) is 59.8 Å². The summed E-state index contributed by atoms with van der Waals surface area (Å²) in [5.74, 6) is 1.20. The van der Waals surface area contributed by atoms with Crippen LogP contribution in [0, 0.1) is 5.92 Å². The molecule has 0 bridgehead atoms. The van der Waals surface area contributed by atoms with Crippen molar-refractivity contribution in [1.29, 1.82) is 0 Å². The minimum Gasteiger partial charge on any atom is -0.497 e. The minimum absolute atomic E-state index is 0.0925. The van der Waals surface area contributed by atoms with Gasteiger partial charge < -0.3 is 14.1 Å². The second-order valence-corrected chi connectivity index (χ2v) is 5.83. The molecule has 5 nitrogen and oxygen atoms in total. The third-order valence-electron chi connectivity index (χ3n) is 4.21. The zero-order valence-electron chi connectivity index (χ0n) is 12.8. The van der Waals surface area contributed by atoms with E-state index in [2.05, 4.69) is 11.8 Å². The molecule has 0 saturated carbocycles. The maximum absolute atomic E-state index is 12.1. The van der Waals surface area contributed by atoms with Crippen molar-refractivity contribution in [3.63, 3.8) is 0 Å². The number of ether oxygens (including phenoxy) is 1. The third kappa shape index (κ3) is 2.47. The Kier molecular flexibility index (Phi) is 3.88. The summed E-state index contributed by atoms with van der Waals surface area (Å²) in [6.45, 7) is 3.85. The van der Waals surface area contributed by atoms with Gasteiger partial charge in [-0.3, -0.25) is 4.79 Å². The molecule has 1 atom stereocenters. The first-order valence-electron chi connectivity index (χ1n) is 7.49. The summed E-state index contributed by atoms with van der Waals surface area (Å²) in [5.41, 5.74) is 0.659. The maximum Gasteiger partial charge on any atom is 0.349 e. The second kappa shape index (κ2) is 5.83. The number of aldehydes is 1. The highest BCUT2D eigenvalue weighted by Gasteiger charge is 2.24. The summed E-state index contributed by atoms with van der Waals surface area (Å²) in [5, 5.41) is 0.746. The van der Waals surface area contributed by atoms with Crippen LogP contribution in [0.1, 0.15) is 30.1 Å². The first-order chi connectivity index (χ1) is 10.6. The van der Waals surface area contributed by atoms with Crippen LogP contribution < -0.4 is 15.3 Å². The summed E-state index contributed by atoms with van der Waals surface area (Å²) >= 11 is 0. The Morgan fingerprint density at radius 2 is 2.23 bits per heavy atom. The van der Waals surface area contributed by atoms with E-state index in [-0.39, 0.29) is 5.56 Å². The van der Waals surface area contributed by atoms with Gasteiger partial charge in [-0.1, -0.05) is 6.92 Å². The summed E-state index contributed by atoms with van der Waals surface area (Å²) in [6.07, 6.45) is 2.81. The molecule has 0 N–H and O–H groups in total. The number of methoxy groups -OCH3 is 1. The second-order valence-electron chi connectivity index (χ2n) is 5.83. The highest BCUT2D eigenvalue weighted by atomic mass is 16.5. The van der Waals surface area contributed by atoms with Crippen molar-refractivity contribution in [3.8, 4) is 5.75 Å². The van der Waals surface area contributed by atoms with Gasteiger partial charge in [0, 0.05) is 18.5 Å². The lowest BCUT2D eigenvalue weighted by Gasteiger charge is -2.33. The Balaban J connectivity index is 2.27. The average molecular weight is 301 g/mol. The Hall–Kier alpha value is -2.30. The fourth-order valence-corrected chi connectivity index (χ4v) is 3.14. The number of hydrogen-bond acceptors (Lipinski definition) is 5. The quantitative estimate of drug-likeness (QED) is 0.644. The van der Waals surface area contributed by atoms with Crippen LogP contribution in [-0.4, -0.2) is 26.5 Å². The first kappa shape index (κ1) is 14.6. The van der Waals surface area contributed by atoms with Crippen molar-refractivity contribution in [2.24, 2.45) is 5.92 Å². The van der Waals surface area contributed by atoms with Gasteiger partial charge in [-0.25, -0.2) is 4.79 Å². The van der Waals surface area contributed by atoms with Crippen molar-refractivity contribution in [2.75, 3.05) is 25.1 Å². The highest BCUT2D eigenvalue weighted by Crippen LogP contribution is 2.33. The van der Waals surface area contributed by atoms with Gasteiger partial charge in [0.15, 0.2) is 6.29 Å². The van der Waals surface area contributed by atoms with Gasteiger partial charge in [0.2, 0.25) is 0 Å². The molecule has 2 aromatic rings. The molecular formula is C17H19NO4. The van der Waals surface area contributed by atoms with Crippen molar-refractivity contribution in [1.82, 2.24) is 0 Å². The molecule has 1 aliphatic heterocycles. The minimum atomic E-state index is -0.583. The number of benzene rings is 1. The molecule has 5 heteroatoms. The van der Waals surface area contributed by atoms with Gasteiger partial charge in [0.1, 0.15) is 16.9 Å². The van der Waals surface area contributed by atoms with Gasteiger partial charge in [-0.15, -0.1) is 0 Å². The highest BCUT2D eigenvalue weighted by molar-refractivity contribution is 6.00. The Morgan fingerprint density at radius 3 is 2.91 bits per heavy atom. The van der Waals surface area contributed by atoms with Gasteiger partial charge in [-0.2, -0.15) is 0 Å². The van der Waals surface area contributed by atoms with Crippen LogP contribution in [0.2, 0.25) is 0 Å². The molecule has 0 aliphatic carbocycles. The summed E-state index contributed by atoms with van der Waals surface area (Å²) < 4.78 is 10.5. The lowest BCUT2D eigenvalue weighted by Crippen LogP contribution is -2.36. The van der Waals surface area contributed by atoms with E-state index in [1.165, 1.54) is 0 Å². The largest absolute Gasteiger partial charge is 0.497 e. The van der Waals surface area contributed by atoms with Crippen molar-refractivity contribution < 1.29 is 13.9 Å². The van der Waals surface area contributed by atoms with Gasteiger partial charge in [-0.05, 0) is 37.0 Å². The fourth-order valence-electron chi connectivity index (χ4n) is 3.14. The van der Waals surface area contributed by atoms with Crippen LogP contribution in [0.25, 0.3) is 11.0 Å². The SMILES string of the molecule is COc1ccc2oc(=O)c(C=O)c(N3CCCC(C)C3)c2c1. The van der Waals surface area contributed by atoms with Crippen molar-refractivity contribution >= 4 is 22.9 Å². The predicted molar refractivity (Wildman–Crippen MR) is 85.0 cm³/mol. The zero-order valence-corrected chi connectivity index (χ0v) is 12.8. The van der Waals surface area contributed by atoms with Crippen LogP contribution in [-0.2, 0) is 0 Å². The summed E-state index contributed by atoms with van der Waals surface area (Å²) in [6, 6.07) is 5.27. The number of anilines is 1. The average Bonchev–Trinajstić information content (AvgIpc) is 2.53. The number of carbonyl (C=O) groups is 1. The lowest BCUT2D eigenvalue weighted by molar-refractivity contribution is 0.112.